The molecule has 4 rings (SSSR count). The van der Waals surface area contributed by atoms with E-state index in [0.717, 1.165) is 46.2 Å². The van der Waals surface area contributed by atoms with E-state index < -0.39 is 0 Å². The van der Waals surface area contributed by atoms with Crippen LogP contribution >= 0.6 is 0 Å². The lowest BCUT2D eigenvalue weighted by atomic mass is 10.3. The first-order valence-electron chi connectivity index (χ1n) is 7.03. The summed E-state index contributed by atoms with van der Waals surface area (Å²) in [6.07, 6.45) is 0.897. The van der Waals surface area contributed by atoms with Crippen LogP contribution in [0, 0.1) is 6.92 Å². The van der Waals surface area contributed by atoms with Crippen LogP contribution in [0.5, 0.6) is 11.5 Å². The Labute approximate surface area is 121 Å². The number of aryl methyl sites for hydroxylation is 1. The molecule has 3 aromatic rings. The third-order valence-electron chi connectivity index (χ3n) is 3.48. The number of nitrogens with one attached hydrogen (secondary N) is 1. The Kier molecular flexibility index (Phi) is 2.77. The molecule has 0 atom stereocenters. The molecule has 1 aliphatic rings. The molecule has 0 unspecified atom stereocenters. The van der Waals surface area contributed by atoms with E-state index in [4.69, 9.17) is 9.47 Å². The van der Waals surface area contributed by atoms with Crippen molar-refractivity contribution < 1.29 is 9.47 Å². The number of ether oxygens (including phenoxy) is 2. The number of aromatic amines is 1. The number of benzene rings is 1. The first-order chi connectivity index (χ1) is 10.3. The molecule has 0 radical (unpaired) electrons. The number of H-pyrrole nitrogens is 1. The summed E-state index contributed by atoms with van der Waals surface area (Å²) >= 11 is 0. The largest absolute Gasteiger partial charge is 0.489 e. The monoisotopic (exact) mass is 281 g/mol. The van der Waals surface area contributed by atoms with Crippen LogP contribution in [-0.4, -0.2) is 28.2 Å². The quantitative estimate of drug-likeness (QED) is 0.744. The molecule has 0 fully saturated rings. The average Bonchev–Trinajstić information content (AvgIpc) is 2.76. The van der Waals surface area contributed by atoms with E-state index in [1.54, 1.807) is 0 Å². The van der Waals surface area contributed by atoms with E-state index in [1.165, 1.54) is 0 Å². The summed E-state index contributed by atoms with van der Waals surface area (Å²) in [6.45, 7) is 3.32. The van der Waals surface area contributed by atoms with E-state index in [2.05, 4.69) is 15.0 Å². The Morgan fingerprint density at radius 3 is 2.67 bits per heavy atom. The lowest BCUT2D eigenvalue weighted by Gasteiger charge is -2.05. The van der Waals surface area contributed by atoms with Crippen molar-refractivity contribution in [3.8, 4) is 23.0 Å². The van der Waals surface area contributed by atoms with Crippen LogP contribution in [0.1, 0.15) is 12.1 Å². The molecule has 21 heavy (non-hydrogen) atoms. The molecule has 0 aliphatic carbocycles. The number of hydrogen-bond donors (Lipinski definition) is 1. The second-order valence-electron chi connectivity index (χ2n) is 5.12. The molecular weight excluding hydrogens is 266 g/mol. The number of aromatic nitrogens is 3. The van der Waals surface area contributed by atoms with Gasteiger partial charge in [-0.25, -0.2) is 9.97 Å². The molecule has 3 heterocycles. The summed E-state index contributed by atoms with van der Waals surface area (Å²) in [4.78, 5) is 12.4. The van der Waals surface area contributed by atoms with Crippen LogP contribution in [-0.2, 0) is 0 Å². The van der Waals surface area contributed by atoms with Gasteiger partial charge in [-0.05, 0) is 19.1 Å². The highest BCUT2D eigenvalue weighted by Gasteiger charge is 2.14. The normalized spacial score (nSPS) is 14.1. The molecule has 5 nitrogen and oxygen atoms in total. The zero-order valence-electron chi connectivity index (χ0n) is 11.7. The van der Waals surface area contributed by atoms with Gasteiger partial charge in [-0.1, -0.05) is 6.07 Å². The molecule has 0 spiro atoms. The molecule has 0 saturated heterocycles. The van der Waals surface area contributed by atoms with Crippen LogP contribution in [0.15, 0.2) is 30.3 Å². The summed E-state index contributed by atoms with van der Waals surface area (Å²) in [7, 11) is 0. The number of rotatable bonds is 1. The van der Waals surface area contributed by atoms with Crippen LogP contribution < -0.4 is 9.47 Å². The van der Waals surface area contributed by atoms with Crippen LogP contribution in [0.4, 0.5) is 0 Å². The SMILES string of the molecule is Cc1cccc(-c2nc3cc4c(cc3[nH]2)OCCCO4)n1. The minimum absolute atomic E-state index is 0.676. The van der Waals surface area contributed by atoms with Crippen molar-refractivity contribution in [1.82, 2.24) is 15.0 Å². The minimum atomic E-state index is 0.676. The smallest absolute Gasteiger partial charge is 0.163 e. The Balaban J connectivity index is 1.83. The van der Waals surface area contributed by atoms with E-state index in [0.29, 0.717) is 13.2 Å². The maximum atomic E-state index is 5.70. The second kappa shape index (κ2) is 4.77. The van der Waals surface area contributed by atoms with Gasteiger partial charge in [0.25, 0.3) is 0 Å². The Hall–Kier alpha value is -2.56. The van der Waals surface area contributed by atoms with Gasteiger partial charge in [0.2, 0.25) is 0 Å². The van der Waals surface area contributed by atoms with Gasteiger partial charge in [0.15, 0.2) is 17.3 Å². The number of fused-ring (bicyclic) bond motifs is 2. The fraction of sp³-hybridized carbons (Fsp3) is 0.250. The molecule has 2 aromatic heterocycles. The Bertz CT molecular complexity index is 767. The van der Waals surface area contributed by atoms with Gasteiger partial charge < -0.3 is 14.5 Å². The van der Waals surface area contributed by atoms with E-state index >= 15 is 0 Å². The highest BCUT2D eigenvalue weighted by Crippen LogP contribution is 2.34. The summed E-state index contributed by atoms with van der Waals surface area (Å²) in [5, 5.41) is 0. The fourth-order valence-electron chi connectivity index (χ4n) is 2.46. The van der Waals surface area contributed by atoms with E-state index in [9.17, 15) is 0 Å². The zero-order chi connectivity index (χ0) is 14.2. The number of nitrogens with zero attached hydrogens (tertiary/aromatic N) is 2. The van der Waals surface area contributed by atoms with Gasteiger partial charge in [0.1, 0.15) is 5.69 Å². The second-order valence-corrected chi connectivity index (χ2v) is 5.12. The van der Waals surface area contributed by atoms with Crippen molar-refractivity contribution in [2.24, 2.45) is 0 Å². The maximum absolute atomic E-state index is 5.70. The maximum Gasteiger partial charge on any atom is 0.163 e. The van der Waals surface area contributed by atoms with Crippen LogP contribution in [0.2, 0.25) is 0 Å². The zero-order valence-corrected chi connectivity index (χ0v) is 11.7. The molecule has 1 N–H and O–H groups in total. The molecule has 106 valence electrons. The first-order valence-corrected chi connectivity index (χ1v) is 7.03. The lowest BCUT2D eigenvalue weighted by Crippen LogP contribution is -1.97. The molecular formula is C16H15N3O2. The van der Waals surface area contributed by atoms with Crippen molar-refractivity contribution in [2.75, 3.05) is 13.2 Å². The predicted molar refractivity (Wildman–Crippen MR) is 79.7 cm³/mol. The standard InChI is InChI=1S/C16H15N3O2/c1-10-4-2-5-11(17-10)16-18-12-8-14-15(9-13(12)19-16)21-7-3-6-20-14/h2,4-5,8-9H,3,6-7H2,1H3,(H,18,19). The van der Waals surface area contributed by atoms with Gasteiger partial charge >= 0.3 is 0 Å². The Morgan fingerprint density at radius 2 is 1.86 bits per heavy atom. The summed E-state index contributed by atoms with van der Waals surface area (Å²) in [6, 6.07) is 9.76. The third-order valence-corrected chi connectivity index (χ3v) is 3.48. The summed E-state index contributed by atoms with van der Waals surface area (Å²) in [5.41, 5.74) is 3.59. The van der Waals surface area contributed by atoms with E-state index in [1.807, 2.05) is 37.3 Å². The summed E-state index contributed by atoms with van der Waals surface area (Å²) < 4.78 is 11.4. The highest BCUT2D eigenvalue weighted by atomic mass is 16.5. The predicted octanol–water partition coefficient (Wildman–Crippen LogP) is 3.09. The van der Waals surface area contributed by atoms with Gasteiger partial charge in [-0.2, -0.15) is 0 Å². The van der Waals surface area contributed by atoms with Crippen molar-refractivity contribution >= 4 is 11.0 Å². The molecule has 0 amide bonds. The topological polar surface area (TPSA) is 60.0 Å². The number of pyridine rings is 1. The number of imidazole rings is 1. The van der Waals surface area contributed by atoms with Crippen molar-refractivity contribution in [2.45, 2.75) is 13.3 Å². The molecule has 0 saturated carbocycles. The fourth-order valence-corrected chi connectivity index (χ4v) is 2.46. The van der Waals surface area contributed by atoms with Crippen LogP contribution in [0.3, 0.4) is 0 Å². The van der Waals surface area contributed by atoms with Gasteiger partial charge in [-0.3, -0.25) is 0 Å². The van der Waals surface area contributed by atoms with Crippen molar-refractivity contribution in [1.29, 1.82) is 0 Å². The minimum Gasteiger partial charge on any atom is -0.489 e. The van der Waals surface area contributed by atoms with Crippen molar-refractivity contribution in [3.05, 3.63) is 36.0 Å². The van der Waals surface area contributed by atoms with E-state index in [-0.39, 0.29) is 0 Å². The third kappa shape index (κ3) is 2.20. The lowest BCUT2D eigenvalue weighted by molar-refractivity contribution is 0.297. The molecule has 1 aromatic carbocycles. The molecule has 1 aliphatic heterocycles. The van der Waals surface area contributed by atoms with Gasteiger partial charge in [0.05, 0.1) is 24.2 Å². The Morgan fingerprint density at radius 1 is 1.05 bits per heavy atom. The number of hydrogen-bond acceptors (Lipinski definition) is 4. The molecule has 5 heteroatoms. The van der Waals surface area contributed by atoms with Gasteiger partial charge in [0, 0.05) is 24.2 Å². The molecule has 0 bridgehead atoms. The van der Waals surface area contributed by atoms with Crippen LogP contribution in [0.25, 0.3) is 22.6 Å². The van der Waals surface area contributed by atoms with Gasteiger partial charge in [-0.15, -0.1) is 0 Å². The highest BCUT2D eigenvalue weighted by molar-refractivity contribution is 5.82. The van der Waals surface area contributed by atoms with Crippen molar-refractivity contribution in [3.63, 3.8) is 0 Å². The average molecular weight is 281 g/mol. The first kappa shape index (κ1) is 12.2. The summed E-state index contributed by atoms with van der Waals surface area (Å²) in [5.74, 6) is 2.29.